The van der Waals surface area contributed by atoms with Gasteiger partial charge in [0.15, 0.2) is 0 Å². The van der Waals surface area contributed by atoms with Gasteiger partial charge in [-0.25, -0.2) is 0 Å². The number of unbranched alkanes of at least 4 members (excludes halogenated alkanes) is 4. The summed E-state index contributed by atoms with van der Waals surface area (Å²) < 4.78 is 0. The van der Waals surface area contributed by atoms with Crippen LogP contribution >= 0.6 is 0 Å². The lowest BCUT2D eigenvalue weighted by atomic mass is 10.1. The molecular weight excluding hydrogens is 402 g/mol. The summed E-state index contributed by atoms with van der Waals surface area (Å²) >= 11 is 0. The quantitative estimate of drug-likeness (QED) is 0.234. The van der Waals surface area contributed by atoms with Crippen molar-refractivity contribution in [3.63, 3.8) is 0 Å². The summed E-state index contributed by atoms with van der Waals surface area (Å²) in [6.45, 7) is 2.34. The molecule has 1 atom stereocenters. The normalized spacial score (nSPS) is 13.6. The topological polar surface area (TPSA) is 133 Å². The number of fused-ring (bicyclic) bond motifs is 1. The van der Waals surface area contributed by atoms with Crippen LogP contribution < -0.4 is 10.6 Å². The Morgan fingerprint density at radius 2 is 1.77 bits per heavy atom. The average Bonchev–Trinajstić information content (AvgIpc) is 2.99. The molecule has 9 heteroatoms. The maximum atomic E-state index is 13.0. The zero-order valence-corrected chi connectivity index (χ0v) is 17.7. The Kier molecular flexibility index (Phi) is 9.17. The van der Waals surface area contributed by atoms with Crippen LogP contribution in [0.5, 0.6) is 0 Å². The van der Waals surface area contributed by atoms with Gasteiger partial charge >= 0.3 is 5.97 Å². The Labute approximate surface area is 181 Å². The summed E-state index contributed by atoms with van der Waals surface area (Å²) in [6.07, 6.45) is 5.10. The van der Waals surface area contributed by atoms with E-state index in [1.807, 2.05) is 5.32 Å². The number of carboxylic acid groups (broad SMARTS) is 1. The highest BCUT2D eigenvalue weighted by Gasteiger charge is 2.40. The molecule has 0 saturated heterocycles. The molecule has 31 heavy (non-hydrogen) atoms. The molecular formula is C22H29N3O6. The molecule has 9 nitrogen and oxygen atoms in total. The molecule has 3 N–H and O–H groups in total. The number of carboxylic acids is 1. The number of hydrogen-bond acceptors (Lipinski definition) is 6. The second-order valence-corrected chi connectivity index (χ2v) is 7.62. The first kappa shape index (κ1) is 24.0. The van der Waals surface area contributed by atoms with Gasteiger partial charge in [0.05, 0.1) is 11.1 Å². The predicted octanol–water partition coefficient (Wildman–Crippen LogP) is 2.56. The Bertz CT molecular complexity index is 839. The number of amides is 4. The molecule has 4 amide bonds. The number of carbonyl (C=O) groups excluding carboxylic acids is 4. The number of benzene rings is 1. The van der Waals surface area contributed by atoms with Crippen molar-refractivity contribution >= 4 is 35.8 Å². The third kappa shape index (κ3) is 6.63. The third-order valence-electron chi connectivity index (χ3n) is 5.28. The Morgan fingerprint density at radius 1 is 1.06 bits per heavy atom. The molecule has 0 fully saturated rings. The number of hydrogen-bond donors (Lipinski definition) is 3. The maximum Gasteiger partial charge on any atom is 0.303 e. The van der Waals surface area contributed by atoms with Gasteiger partial charge < -0.3 is 10.4 Å². The van der Waals surface area contributed by atoms with E-state index in [4.69, 9.17) is 5.11 Å². The lowest BCUT2D eigenvalue weighted by Gasteiger charge is -2.22. The molecule has 1 aromatic carbocycles. The summed E-state index contributed by atoms with van der Waals surface area (Å²) in [5, 5.41) is 13.9. The van der Waals surface area contributed by atoms with Gasteiger partial charge in [0.1, 0.15) is 0 Å². The molecule has 1 unspecified atom stereocenters. The monoisotopic (exact) mass is 431 g/mol. The second-order valence-electron chi connectivity index (χ2n) is 7.62. The van der Waals surface area contributed by atoms with E-state index in [9.17, 15) is 24.0 Å². The fourth-order valence-corrected chi connectivity index (χ4v) is 3.61. The number of rotatable bonds is 14. The van der Waals surface area contributed by atoms with Crippen LogP contribution in [0.15, 0.2) is 18.2 Å². The van der Waals surface area contributed by atoms with E-state index in [0.29, 0.717) is 36.2 Å². The maximum absolute atomic E-state index is 13.0. The van der Waals surface area contributed by atoms with Crippen LogP contribution in [0.4, 0.5) is 5.69 Å². The molecule has 1 heterocycles. The van der Waals surface area contributed by atoms with Gasteiger partial charge in [-0.1, -0.05) is 25.3 Å². The SMILES string of the molecule is CC(CCC(=O)NC=O)N1C(=O)c2cccc(NCCCCCCCC(=O)O)c2C1=O. The number of imide groups is 2. The van der Waals surface area contributed by atoms with Crippen molar-refractivity contribution in [2.45, 2.75) is 64.3 Å². The second kappa shape index (κ2) is 11.8. The molecule has 1 aromatic rings. The Hall–Kier alpha value is -3.23. The molecule has 1 aliphatic rings. The van der Waals surface area contributed by atoms with Crippen LogP contribution in [0.1, 0.15) is 79.0 Å². The number of nitrogens with zero attached hydrogens (tertiary/aromatic N) is 1. The Morgan fingerprint density at radius 3 is 2.48 bits per heavy atom. The van der Waals surface area contributed by atoms with Gasteiger partial charge in [-0.3, -0.25) is 34.2 Å². The molecule has 0 aromatic heterocycles. The van der Waals surface area contributed by atoms with E-state index in [0.717, 1.165) is 25.7 Å². The van der Waals surface area contributed by atoms with Gasteiger partial charge in [-0.15, -0.1) is 0 Å². The van der Waals surface area contributed by atoms with Gasteiger partial charge in [0, 0.05) is 31.1 Å². The van der Waals surface area contributed by atoms with E-state index < -0.39 is 17.9 Å². The van der Waals surface area contributed by atoms with Crippen LogP contribution in [-0.2, 0) is 14.4 Å². The smallest absolute Gasteiger partial charge is 0.303 e. The fourth-order valence-electron chi connectivity index (χ4n) is 3.61. The van der Waals surface area contributed by atoms with E-state index >= 15 is 0 Å². The van der Waals surface area contributed by atoms with E-state index in [-0.39, 0.29) is 31.1 Å². The number of anilines is 1. The lowest BCUT2D eigenvalue weighted by molar-refractivity contribution is -0.137. The first-order valence-corrected chi connectivity index (χ1v) is 10.6. The zero-order valence-electron chi connectivity index (χ0n) is 17.7. The van der Waals surface area contributed by atoms with Crippen molar-refractivity contribution in [1.29, 1.82) is 0 Å². The van der Waals surface area contributed by atoms with E-state index in [2.05, 4.69) is 5.32 Å². The molecule has 2 rings (SSSR count). The third-order valence-corrected chi connectivity index (χ3v) is 5.28. The number of nitrogens with one attached hydrogen (secondary N) is 2. The van der Waals surface area contributed by atoms with Crippen molar-refractivity contribution < 1.29 is 29.1 Å². The van der Waals surface area contributed by atoms with Gasteiger partial charge in [-0.05, 0) is 38.3 Å². The molecule has 1 aliphatic heterocycles. The molecule has 0 aliphatic carbocycles. The Balaban J connectivity index is 1.89. The summed E-state index contributed by atoms with van der Waals surface area (Å²) in [4.78, 5) is 59.2. The largest absolute Gasteiger partial charge is 0.481 e. The minimum atomic E-state index is -0.772. The van der Waals surface area contributed by atoms with Gasteiger partial charge in [0.2, 0.25) is 12.3 Å². The van der Waals surface area contributed by atoms with Crippen LogP contribution in [-0.4, -0.2) is 52.7 Å². The summed E-state index contributed by atoms with van der Waals surface area (Å²) in [5.74, 6) is -2.00. The van der Waals surface area contributed by atoms with Crippen molar-refractivity contribution in [2.24, 2.45) is 0 Å². The summed E-state index contributed by atoms with van der Waals surface area (Å²) in [5.41, 5.74) is 1.29. The van der Waals surface area contributed by atoms with E-state index in [1.54, 1.807) is 25.1 Å². The zero-order chi connectivity index (χ0) is 22.8. The molecule has 0 saturated carbocycles. The highest BCUT2D eigenvalue weighted by atomic mass is 16.4. The standard InChI is InChI=1S/C22H29N3O6/c1-15(11-12-18(27)24-14-26)25-21(30)16-8-7-9-17(20(16)22(25)31)23-13-6-4-2-3-5-10-19(28)29/h7-9,14-15,23H,2-6,10-13H2,1H3,(H,28,29)(H,24,26,27). The van der Waals surface area contributed by atoms with Crippen molar-refractivity contribution in [3.05, 3.63) is 29.3 Å². The van der Waals surface area contributed by atoms with Gasteiger partial charge in [0.25, 0.3) is 11.8 Å². The minimum Gasteiger partial charge on any atom is -0.481 e. The fraction of sp³-hybridized carbons (Fsp3) is 0.500. The molecule has 0 radical (unpaired) electrons. The molecule has 0 bridgehead atoms. The summed E-state index contributed by atoms with van der Waals surface area (Å²) in [6, 6.07) is 4.63. The van der Waals surface area contributed by atoms with Crippen LogP contribution in [0, 0.1) is 0 Å². The summed E-state index contributed by atoms with van der Waals surface area (Å²) in [7, 11) is 0. The van der Waals surface area contributed by atoms with Crippen molar-refractivity contribution in [2.75, 3.05) is 11.9 Å². The lowest BCUT2D eigenvalue weighted by Crippen LogP contribution is -2.38. The van der Waals surface area contributed by atoms with E-state index in [1.165, 1.54) is 4.90 Å². The predicted molar refractivity (Wildman–Crippen MR) is 114 cm³/mol. The first-order chi connectivity index (χ1) is 14.9. The number of carbonyl (C=O) groups is 5. The molecule has 0 spiro atoms. The minimum absolute atomic E-state index is 0.0326. The van der Waals surface area contributed by atoms with Gasteiger partial charge in [-0.2, -0.15) is 0 Å². The van der Waals surface area contributed by atoms with Crippen molar-refractivity contribution in [1.82, 2.24) is 10.2 Å². The highest BCUT2D eigenvalue weighted by Crippen LogP contribution is 2.31. The van der Waals surface area contributed by atoms with Crippen LogP contribution in [0.3, 0.4) is 0 Å². The first-order valence-electron chi connectivity index (χ1n) is 10.6. The van der Waals surface area contributed by atoms with Crippen LogP contribution in [0.2, 0.25) is 0 Å². The van der Waals surface area contributed by atoms with Crippen molar-refractivity contribution in [3.8, 4) is 0 Å². The number of aliphatic carboxylic acids is 1. The molecule has 168 valence electrons. The average molecular weight is 431 g/mol. The van der Waals surface area contributed by atoms with Crippen LogP contribution in [0.25, 0.3) is 0 Å². The highest BCUT2D eigenvalue weighted by molar-refractivity contribution is 6.24.